The van der Waals surface area contributed by atoms with Crippen LogP contribution in [0.4, 0.5) is 0 Å². The molecule has 0 aromatic heterocycles. The third kappa shape index (κ3) is 4.26. The Balaban J connectivity index is 3.26. The number of hydrogen-bond donors (Lipinski definition) is 0. The molecule has 0 N–H and O–H groups in total. The zero-order chi connectivity index (χ0) is 6.41. The van der Waals surface area contributed by atoms with Crippen molar-refractivity contribution in [1.82, 2.24) is 0 Å². The molecule has 0 amide bonds. The molecule has 0 saturated heterocycles. The van der Waals surface area contributed by atoms with Gasteiger partial charge in [0.1, 0.15) is 0 Å². The van der Waals surface area contributed by atoms with Gasteiger partial charge in [0.05, 0.1) is 5.03 Å². The normalized spacial score (nSPS) is 8.25. The van der Waals surface area contributed by atoms with E-state index in [-0.39, 0.29) is 0 Å². The van der Waals surface area contributed by atoms with Crippen LogP contribution in [-0.4, -0.2) is 5.88 Å². The van der Waals surface area contributed by atoms with E-state index < -0.39 is 0 Å². The van der Waals surface area contributed by atoms with Gasteiger partial charge in [-0.2, -0.15) is 0 Å². The molecule has 0 bridgehead atoms. The molecule has 0 aromatic rings. The number of alkyl halides is 1. The molecule has 2 heteroatoms. The van der Waals surface area contributed by atoms with Gasteiger partial charge in [-0.25, -0.2) is 0 Å². The number of rotatable bonds is 3. The molecule has 0 fully saturated rings. The predicted octanol–water partition coefficient (Wildman–Crippen LogP) is 2.91. The van der Waals surface area contributed by atoms with Crippen molar-refractivity contribution in [3.8, 4) is 0 Å². The zero-order valence-corrected chi connectivity index (χ0v) is 6.10. The monoisotopic (exact) mass is 150 g/mol. The maximum absolute atomic E-state index is 5.53. The minimum Gasteiger partial charge on any atom is -0.127 e. The number of halogens is 2. The Bertz CT molecular complexity index is 101. The van der Waals surface area contributed by atoms with Gasteiger partial charge in [0, 0.05) is 5.88 Å². The molecule has 0 spiro atoms. The summed E-state index contributed by atoms with van der Waals surface area (Å²) >= 11 is 10.9. The molecule has 46 valence electrons. The fourth-order valence-electron chi connectivity index (χ4n) is 0.310. The fourth-order valence-corrected chi connectivity index (χ4v) is 0.578. The van der Waals surface area contributed by atoms with Crippen molar-refractivity contribution in [3.63, 3.8) is 0 Å². The third-order valence-corrected chi connectivity index (χ3v) is 1.31. The first-order chi connectivity index (χ1) is 3.81. The summed E-state index contributed by atoms with van der Waals surface area (Å²) in [5, 5.41) is 0.672. The molecule has 0 unspecified atom stereocenters. The molecule has 0 nitrogen and oxygen atoms in total. The van der Waals surface area contributed by atoms with Crippen LogP contribution in [0.5, 0.6) is 0 Å². The highest BCUT2D eigenvalue weighted by Crippen LogP contribution is 2.07. The molecule has 0 rings (SSSR count). The molecular formula is C6H8Cl2. The fraction of sp³-hybridized carbons (Fsp3) is 0.500. The van der Waals surface area contributed by atoms with Gasteiger partial charge in [0.2, 0.25) is 0 Å². The third-order valence-electron chi connectivity index (χ3n) is 0.722. The van der Waals surface area contributed by atoms with E-state index in [4.69, 9.17) is 23.2 Å². The summed E-state index contributed by atoms with van der Waals surface area (Å²) in [6.07, 6.45) is 1.71. The molecule has 0 radical (unpaired) electrons. The maximum atomic E-state index is 5.53. The standard InChI is InChI=1S/C6H8Cl2/c1-2-6(8)4-3-5-7/h1,3-5H2. The Labute approximate surface area is 59.8 Å². The molecule has 0 heterocycles. The Morgan fingerprint density at radius 3 is 2.62 bits per heavy atom. The molecule has 0 aromatic carbocycles. The highest BCUT2D eigenvalue weighted by Gasteiger charge is 1.87. The van der Waals surface area contributed by atoms with Crippen LogP contribution in [0.2, 0.25) is 0 Å². The average Bonchev–Trinajstić information content (AvgIpc) is 1.83. The highest BCUT2D eigenvalue weighted by atomic mass is 35.5. The van der Waals surface area contributed by atoms with E-state index in [1.54, 1.807) is 0 Å². The van der Waals surface area contributed by atoms with Gasteiger partial charge in [-0.3, -0.25) is 0 Å². The Kier molecular flexibility index (Phi) is 5.31. The molecule has 0 saturated carbocycles. The van der Waals surface area contributed by atoms with E-state index in [1.165, 1.54) is 0 Å². The lowest BCUT2D eigenvalue weighted by Gasteiger charge is -1.88. The first kappa shape index (κ1) is 8.10. The summed E-state index contributed by atoms with van der Waals surface area (Å²) in [6.45, 7) is 3.38. The maximum Gasteiger partial charge on any atom is 0.0591 e. The average molecular weight is 151 g/mol. The van der Waals surface area contributed by atoms with E-state index in [9.17, 15) is 0 Å². The van der Waals surface area contributed by atoms with E-state index >= 15 is 0 Å². The van der Waals surface area contributed by atoms with Crippen molar-refractivity contribution >= 4 is 23.2 Å². The first-order valence-corrected chi connectivity index (χ1v) is 3.33. The topological polar surface area (TPSA) is 0 Å². The van der Waals surface area contributed by atoms with Gasteiger partial charge < -0.3 is 0 Å². The van der Waals surface area contributed by atoms with E-state index in [0.29, 0.717) is 10.9 Å². The lowest BCUT2D eigenvalue weighted by Crippen LogP contribution is -1.73. The summed E-state index contributed by atoms with van der Waals surface area (Å²) in [5.74, 6) is 0.651. The summed E-state index contributed by atoms with van der Waals surface area (Å²) in [4.78, 5) is 0. The molecular weight excluding hydrogens is 143 g/mol. The van der Waals surface area contributed by atoms with Crippen LogP contribution in [0.15, 0.2) is 17.3 Å². The van der Waals surface area contributed by atoms with Crippen molar-refractivity contribution in [2.75, 3.05) is 5.88 Å². The van der Waals surface area contributed by atoms with E-state index in [0.717, 1.165) is 12.8 Å². The highest BCUT2D eigenvalue weighted by molar-refractivity contribution is 6.29. The van der Waals surface area contributed by atoms with Gasteiger partial charge in [-0.05, 0) is 12.8 Å². The van der Waals surface area contributed by atoms with E-state index in [1.807, 2.05) is 0 Å². The van der Waals surface area contributed by atoms with E-state index in [2.05, 4.69) is 12.3 Å². The Hall–Kier alpha value is 0.100. The second-order valence-electron chi connectivity index (χ2n) is 1.37. The minimum absolute atomic E-state index is 0.651. The zero-order valence-electron chi connectivity index (χ0n) is 4.58. The largest absolute Gasteiger partial charge is 0.127 e. The van der Waals surface area contributed by atoms with Crippen LogP contribution in [0, 0.1) is 0 Å². The first-order valence-electron chi connectivity index (χ1n) is 2.41. The van der Waals surface area contributed by atoms with Crippen molar-refractivity contribution in [2.45, 2.75) is 12.8 Å². The molecule has 0 aliphatic carbocycles. The molecule has 0 aliphatic heterocycles. The Morgan fingerprint density at radius 1 is 1.62 bits per heavy atom. The summed E-state index contributed by atoms with van der Waals surface area (Å²) < 4.78 is 0. The second kappa shape index (κ2) is 5.24. The van der Waals surface area contributed by atoms with Gasteiger partial charge in [-0.1, -0.05) is 18.2 Å². The van der Waals surface area contributed by atoms with Crippen LogP contribution in [0.1, 0.15) is 12.8 Å². The van der Waals surface area contributed by atoms with Gasteiger partial charge >= 0.3 is 0 Å². The smallest absolute Gasteiger partial charge is 0.0591 e. The van der Waals surface area contributed by atoms with Crippen molar-refractivity contribution < 1.29 is 0 Å². The van der Waals surface area contributed by atoms with Crippen LogP contribution >= 0.6 is 23.2 Å². The van der Waals surface area contributed by atoms with Crippen molar-refractivity contribution in [2.24, 2.45) is 0 Å². The van der Waals surface area contributed by atoms with Crippen LogP contribution in [-0.2, 0) is 0 Å². The lowest BCUT2D eigenvalue weighted by atomic mass is 10.3. The molecule has 0 aliphatic rings. The van der Waals surface area contributed by atoms with Crippen LogP contribution in [0.25, 0.3) is 0 Å². The minimum atomic E-state index is 0.651. The van der Waals surface area contributed by atoms with Gasteiger partial charge in [0.25, 0.3) is 0 Å². The summed E-state index contributed by atoms with van der Waals surface area (Å²) in [7, 11) is 0. The predicted molar refractivity (Wildman–Crippen MR) is 38.5 cm³/mol. The summed E-state index contributed by atoms with van der Waals surface area (Å²) in [6, 6.07) is 0. The Morgan fingerprint density at radius 2 is 2.25 bits per heavy atom. The molecule has 0 atom stereocenters. The SMILES string of the molecule is C=C=C(Cl)CCCCl. The number of allylic oxidation sites excluding steroid dienone is 1. The van der Waals surface area contributed by atoms with Crippen molar-refractivity contribution in [1.29, 1.82) is 0 Å². The quantitative estimate of drug-likeness (QED) is 0.429. The second-order valence-corrected chi connectivity index (χ2v) is 2.21. The summed E-state index contributed by atoms with van der Waals surface area (Å²) in [5.41, 5.74) is 2.57. The van der Waals surface area contributed by atoms with Gasteiger partial charge in [-0.15, -0.1) is 17.3 Å². The molecule has 8 heavy (non-hydrogen) atoms. The van der Waals surface area contributed by atoms with Gasteiger partial charge in [0.15, 0.2) is 0 Å². The number of hydrogen-bond acceptors (Lipinski definition) is 0. The van der Waals surface area contributed by atoms with Crippen molar-refractivity contribution in [3.05, 3.63) is 17.3 Å². The van der Waals surface area contributed by atoms with Crippen LogP contribution < -0.4 is 0 Å². The lowest BCUT2D eigenvalue weighted by molar-refractivity contribution is 0.954. The van der Waals surface area contributed by atoms with Crippen LogP contribution in [0.3, 0.4) is 0 Å².